The van der Waals surface area contributed by atoms with E-state index >= 15 is 0 Å². The molecule has 0 spiro atoms. The first-order valence-corrected chi connectivity index (χ1v) is 5.35. The summed E-state index contributed by atoms with van der Waals surface area (Å²) in [4.78, 5) is 0. The Labute approximate surface area is 102 Å². The summed E-state index contributed by atoms with van der Waals surface area (Å²) in [6.45, 7) is 0. The van der Waals surface area contributed by atoms with Gasteiger partial charge in [0.1, 0.15) is 0 Å². The summed E-state index contributed by atoms with van der Waals surface area (Å²) < 4.78 is 0. The highest BCUT2D eigenvalue weighted by atomic mass is 35.5. The largest absolute Gasteiger partial charge is 0.0836 e. The molecular formula is C10H4Cl4. The fourth-order valence-electron chi connectivity index (χ4n) is 1.32. The predicted octanol–water partition coefficient (Wildman–Crippen LogP) is 5.41. The second-order valence-corrected chi connectivity index (χ2v) is 4.34. The van der Waals surface area contributed by atoms with Crippen molar-refractivity contribution in [1.82, 2.24) is 0 Å². The number of rotatable bonds is 0. The van der Waals surface area contributed by atoms with E-state index in [0.717, 1.165) is 5.56 Å². The Kier molecular flexibility index (Phi) is 2.81. The fourth-order valence-corrected chi connectivity index (χ4v) is 2.43. The summed E-state index contributed by atoms with van der Waals surface area (Å²) >= 11 is 24.0. The molecule has 0 N–H and O–H groups in total. The normalized spacial score (nSPS) is 10.9. The van der Waals surface area contributed by atoms with E-state index in [4.69, 9.17) is 46.4 Å². The lowest BCUT2D eigenvalue weighted by Crippen LogP contribution is -1.69. The van der Waals surface area contributed by atoms with Gasteiger partial charge in [-0.25, -0.2) is 0 Å². The van der Waals surface area contributed by atoms with Crippen LogP contribution in [0, 0.1) is 0 Å². The number of fused-ring (bicyclic) bond motifs is 1. The molecule has 0 aromatic rings. The van der Waals surface area contributed by atoms with Gasteiger partial charge in [0.2, 0.25) is 0 Å². The maximum Gasteiger partial charge on any atom is 0.0791 e. The van der Waals surface area contributed by atoms with E-state index in [1.807, 2.05) is 18.2 Å². The molecule has 0 heterocycles. The van der Waals surface area contributed by atoms with Crippen LogP contribution in [0.4, 0.5) is 0 Å². The van der Waals surface area contributed by atoms with Gasteiger partial charge in [-0.05, 0) is 6.07 Å². The van der Waals surface area contributed by atoms with Gasteiger partial charge in [-0.3, -0.25) is 0 Å². The van der Waals surface area contributed by atoms with Crippen molar-refractivity contribution < 1.29 is 0 Å². The molecule has 0 aromatic carbocycles. The summed E-state index contributed by atoms with van der Waals surface area (Å²) in [5, 5.41) is 1.76. The standard InChI is InChI=1S/C10H4Cl4/c11-6-4-2-1-3-5-7(6)9(13)10(14)8(5)12/h1-4H. The number of hydrogen-bond donors (Lipinski definition) is 0. The van der Waals surface area contributed by atoms with Crippen molar-refractivity contribution >= 4 is 46.4 Å². The highest BCUT2D eigenvalue weighted by Crippen LogP contribution is 2.48. The molecule has 0 saturated heterocycles. The molecule has 0 atom stereocenters. The van der Waals surface area contributed by atoms with Crippen molar-refractivity contribution in [1.29, 1.82) is 0 Å². The summed E-state index contributed by atoms with van der Waals surface area (Å²) in [5.74, 6) is 0. The monoisotopic (exact) mass is 264 g/mol. The third kappa shape index (κ3) is 1.47. The Morgan fingerprint density at radius 3 is 2.07 bits per heavy atom. The molecule has 72 valence electrons. The SMILES string of the molecule is Clc1ccccc2c(Cl)c(Cl)c(Cl)c1-2. The Bertz CT molecular complexity index is 464. The summed E-state index contributed by atoms with van der Waals surface area (Å²) in [5.41, 5.74) is 1.48. The topological polar surface area (TPSA) is 0 Å². The van der Waals surface area contributed by atoms with E-state index in [0.29, 0.717) is 25.7 Å². The second-order valence-electron chi connectivity index (χ2n) is 2.80. The molecule has 0 unspecified atom stereocenters. The molecule has 0 aliphatic heterocycles. The summed E-state index contributed by atoms with van der Waals surface area (Å²) in [6, 6.07) is 7.25. The Morgan fingerprint density at radius 2 is 1.36 bits per heavy atom. The van der Waals surface area contributed by atoms with E-state index in [9.17, 15) is 0 Å². The van der Waals surface area contributed by atoms with Crippen LogP contribution >= 0.6 is 46.4 Å². The first-order valence-electron chi connectivity index (χ1n) is 3.83. The quantitative estimate of drug-likeness (QED) is 0.598. The van der Waals surface area contributed by atoms with Crippen LogP contribution < -0.4 is 0 Å². The van der Waals surface area contributed by atoms with Crippen molar-refractivity contribution in [2.24, 2.45) is 0 Å². The third-order valence-corrected chi connectivity index (χ3v) is 3.62. The minimum atomic E-state index is 0.358. The van der Waals surface area contributed by atoms with Crippen LogP contribution in [-0.2, 0) is 0 Å². The van der Waals surface area contributed by atoms with E-state index in [1.165, 1.54) is 0 Å². The average molecular weight is 266 g/mol. The Hall–Kier alpha value is -0.140. The smallest absolute Gasteiger partial charge is 0.0791 e. The molecule has 2 rings (SSSR count). The zero-order valence-corrected chi connectivity index (χ0v) is 9.84. The van der Waals surface area contributed by atoms with Crippen LogP contribution in [-0.4, -0.2) is 0 Å². The van der Waals surface area contributed by atoms with Gasteiger partial charge in [0.05, 0.1) is 15.1 Å². The summed E-state index contributed by atoms with van der Waals surface area (Å²) in [7, 11) is 0. The molecular weight excluding hydrogens is 262 g/mol. The molecule has 4 heteroatoms. The predicted molar refractivity (Wildman–Crippen MR) is 63.1 cm³/mol. The molecule has 0 fully saturated rings. The molecule has 0 nitrogen and oxygen atoms in total. The van der Waals surface area contributed by atoms with E-state index in [-0.39, 0.29) is 0 Å². The molecule has 2 aliphatic carbocycles. The van der Waals surface area contributed by atoms with Gasteiger partial charge in [-0.15, -0.1) is 0 Å². The lowest BCUT2D eigenvalue weighted by molar-refractivity contribution is 1.83. The van der Waals surface area contributed by atoms with Crippen LogP contribution in [0.25, 0.3) is 11.1 Å². The molecule has 0 bridgehead atoms. The molecule has 0 radical (unpaired) electrons. The zero-order valence-electron chi connectivity index (χ0n) is 6.82. The van der Waals surface area contributed by atoms with Gasteiger partial charge < -0.3 is 0 Å². The maximum atomic E-state index is 6.03. The van der Waals surface area contributed by atoms with Crippen molar-refractivity contribution in [2.75, 3.05) is 0 Å². The zero-order chi connectivity index (χ0) is 10.3. The molecule has 14 heavy (non-hydrogen) atoms. The minimum Gasteiger partial charge on any atom is -0.0836 e. The van der Waals surface area contributed by atoms with E-state index in [1.54, 1.807) is 6.07 Å². The average Bonchev–Trinajstić information content (AvgIpc) is 2.35. The molecule has 0 aromatic heterocycles. The van der Waals surface area contributed by atoms with E-state index < -0.39 is 0 Å². The lowest BCUT2D eigenvalue weighted by Gasteiger charge is -1.95. The number of hydrogen-bond acceptors (Lipinski definition) is 0. The maximum absolute atomic E-state index is 6.03. The number of halogens is 4. The van der Waals surface area contributed by atoms with Crippen LogP contribution in [0.15, 0.2) is 24.3 Å². The lowest BCUT2D eigenvalue weighted by atomic mass is 10.2. The first kappa shape index (κ1) is 10.4. The van der Waals surface area contributed by atoms with Gasteiger partial charge in [0.25, 0.3) is 0 Å². The van der Waals surface area contributed by atoms with Crippen LogP contribution in [0.2, 0.25) is 20.1 Å². The van der Waals surface area contributed by atoms with Gasteiger partial charge in [-0.1, -0.05) is 64.6 Å². The minimum absolute atomic E-state index is 0.358. The highest BCUT2D eigenvalue weighted by molar-refractivity contribution is 6.53. The first-order chi connectivity index (χ1) is 6.63. The highest BCUT2D eigenvalue weighted by Gasteiger charge is 2.20. The molecule has 0 saturated carbocycles. The molecule has 2 aliphatic rings. The van der Waals surface area contributed by atoms with Gasteiger partial charge in [0, 0.05) is 16.1 Å². The Morgan fingerprint density at radius 1 is 0.714 bits per heavy atom. The van der Waals surface area contributed by atoms with Gasteiger partial charge in [-0.2, -0.15) is 0 Å². The van der Waals surface area contributed by atoms with E-state index in [2.05, 4.69) is 0 Å². The van der Waals surface area contributed by atoms with Crippen LogP contribution in [0.1, 0.15) is 0 Å². The molecule has 0 amide bonds. The fraction of sp³-hybridized carbons (Fsp3) is 0. The van der Waals surface area contributed by atoms with Crippen LogP contribution in [0.5, 0.6) is 0 Å². The van der Waals surface area contributed by atoms with Gasteiger partial charge in [0.15, 0.2) is 0 Å². The van der Waals surface area contributed by atoms with Crippen LogP contribution in [0.3, 0.4) is 0 Å². The Balaban J connectivity index is 2.92. The summed E-state index contributed by atoms with van der Waals surface area (Å²) in [6.07, 6.45) is 0. The van der Waals surface area contributed by atoms with Crippen molar-refractivity contribution in [3.05, 3.63) is 44.4 Å². The van der Waals surface area contributed by atoms with Crippen molar-refractivity contribution in [3.63, 3.8) is 0 Å². The van der Waals surface area contributed by atoms with Crippen molar-refractivity contribution in [2.45, 2.75) is 0 Å². The van der Waals surface area contributed by atoms with Crippen molar-refractivity contribution in [3.8, 4) is 11.1 Å². The second kappa shape index (κ2) is 3.79. The van der Waals surface area contributed by atoms with Gasteiger partial charge >= 0.3 is 0 Å². The third-order valence-electron chi connectivity index (χ3n) is 1.97.